The minimum Gasteiger partial charge on any atom is -0.492 e. The average molecular weight is 526 g/mol. The molecule has 7 heteroatoms. The van der Waals surface area contributed by atoms with Gasteiger partial charge in [-0.15, -0.1) is 0 Å². The molecule has 0 saturated carbocycles. The van der Waals surface area contributed by atoms with Gasteiger partial charge in [-0.25, -0.2) is 4.98 Å². The average Bonchev–Trinajstić information content (AvgIpc) is 3.47. The number of piperazine rings is 1. The van der Waals surface area contributed by atoms with Crippen molar-refractivity contribution in [2.24, 2.45) is 7.05 Å². The monoisotopic (exact) mass is 525 g/mol. The summed E-state index contributed by atoms with van der Waals surface area (Å²) in [5.74, 6) is 2.56. The van der Waals surface area contributed by atoms with Crippen LogP contribution in [0.5, 0.6) is 5.75 Å². The lowest BCUT2D eigenvalue weighted by atomic mass is 9.89. The first-order chi connectivity index (χ1) is 19.0. The molecule has 4 heterocycles. The summed E-state index contributed by atoms with van der Waals surface area (Å²) in [5, 5.41) is 0. The molecule has 0 bridgehead atoms. The molecule has 2 aliphatic heterocycles. The van der Waals surface area contributed by atoms with E-state index in [2.05, 4.69) is 70.3 Å². The minimum absolute atomic E-state index is 0.0922. The number of anilines is 1. The Morgan fingerprint density at radius 2 is 1.72 bits per heavy atom. The first-order valence-electron chi connectivity index (χ1n) is 14.3. The molecule has 0 radical (unpaired) electrons. The normalized spacial score (nSPS) is 18.5. The van der Waals surface area contributed by atoms with Gasteiger partial charge in [-0.05, 0) is 67.6 Å². The molecule has 6 rings (SSSR count). The van der Waals surface area contributed by atoms with Crippen molar-refractivity contribution in [3.05, 3.63) is 81.9 Å². The summed E-state index contributed by atoms with van der Waals surface area (Å²) in [6.07, 6.45) is 11.0. The second-order valence-electron chi connectivity index (χ2n) is 11.2. The molecule has 3 aliphatic rings. The molecule has 1 aromatic carbocycles. The number of likely N-dealkylation sites (N-methyl/N-ethyl adjacent to an activating group) is 1. The summed E-state index contributed by atoms with van der Waals surface area (Å²) in [5.41, 5.74) is 5.55. The number of nitrogens with zero attached hydrogens (tertiary/aromatic N) is 5. The topological polar surface area (TPSA) is 53.8 Å². The van der Waals surface area contributed by atoms with Gasteiger partial charge in [-0.2, -0.15) is 0 Å². The number of aromatic nitrogens is 2. The van der Waals surface area contributed by atoms with Crippen LogP contribution in [0.1, 0.15) is 35.4 Å². The number of allylic oxidation sites excluding steroid dienone is 1. The SMILES string of the molecule is CN1CCN(CCOc2ccc(C3CCN(c4ccc(-c5cn(C)c(=O)c6c5C=CC6)cn4)CC3)cc2)CC1. The number of hydrogen-bond donors (Lipinski definition) is 0. The summed E-state index contributed by atoms with van der Waals surface area (Å²) in [4.78, 5) is 24.5. The summed E-state index contributed by atoms with van der Waals surface area (Å²) in [6, 6.07) is 13.0. The summed E-state index contributed by atoms with van der Waals surface area (Å²) >= 11 is 0. The Balaban J connectivity index is 1.01. The van der Waals surface area contributed by atoms with Crippen molar-refractivity contribution in [2.45, 2.75) is 25.2 Å². The van der Waals surface area contributed by atoms with Crippen molar-refractivity contribution < 1.29 is 4.74 Å². The molecule has 0 unspecified atom stereocenters. The lowest BCUT2D eigenvalue weighted by molar-refractivity contribution is 0.133. The Kier molecular flexibility index (Phi) is 7.53. The summed E-state index contributed by atoms with van der Waals surface area (Å²) in [6.45, 7) is 8.28. The standard InChI is InChI=1S/C32H39N5O2/c1-34-16-18-36(19-17-34)20-21-39-27-9-6-24(7-10-27)25-12-14-37(15-13-25)31-11-8-26(22-33-31)30-23-35(2)32(38)29-5-3-4-28(29)30/h3-4,6-11,22-23,25H,5,12-21H2,1-2H3. The second-order valence-corrected chi connectivity index (χ2v) is 11.2. The van der Waals surface area contributed by atoms with Crippen LogP contribution >= 0.6 is 0 Å². The van der Waals surface area contributed by atoms with E-state index in [4.69, 9.17) is 9.72 Å². The van der Waals surface area contributed by atoms with Crippen molar-refractivity contribution in [3.63, 3.8) is 0 Å². The van der Waals surface area contributed by atoms with Crippen LogP contribution in [0.3, 0.4) is 0 Å². The maximum absolute atomic E-state index is 12.4. The Labute approximate surface area is 231 Å². The molecule has 0 spiro atoms. The van der Waals surface area contributed by atoms with Crippen LogP contribution in [-0.2, 0) is 13.5 Å². The van der Waals surface area contributed by atoms with Crippen LogP contribution in [0, 0.1) is 0 Å². The highest BCUT2D eigenvalue weighted by atomic mass is 16.5. The summed E-state index contributed by atoms with van der Waals surface area (Å²) < 4.78 is 7.73. The lowest BCUT2D eigenvalue weighted by Crippen LogP contribution is -2.45. The zero-order chi connectivity index (χ0) is 26.8. The Bertz CT molecular complexity index is 1360. The molecule has 204 valence electrons. The third-order valence-corrected chi connectivity index (χ3v) is 8.62. The van der Waals surface area contributed by atoms with Gasteiger partial charge < -0.3 is 19.1 Å². The molecule has 0 N–H and O–H groups in total. The second kappa shape index (κ2) is 11.4. The van der Waals surface area contributed by atoms with Crippen LogP contribution in [-0.4, -0.2) is 78.8 Å². The Morgan fingerprint density at radius 1 is 0.949 bits per heavy atom. The van der Waals surface area contributed by atoms with E-state index in [1.165, 1.54) is 5.56 Å². The van der Waals surface area contributed by atoms with Crippen LogP contribution in [0.2, 0.25) is 0 Å². The van der Waals surface area contributed by atoms with Gasteiger partial charge in [0.2, 0.25) is 0 Å². The zero-order valence-corrected chi connectivity index (χ0v) is 23.2. The van der Waals surface area contributed by atoms with Crippen molar-refractivity contribution in [3.8, 4) is 16.9 Å². The third kappa shape index (κ3) is 5.65. The quantitative estimate of drug-likeness (QED) is 0.464. The molecule has 3 aromatic rings. The van der Waals surface area contributed by atoms with Crippen molar-refractivity contribution in [1.82, 2.24) is 19.4 Å². The van der Waals surface area contributed by atoms with E-state index in [1.54, 1.807) is 4.57 Å². The zero-order valence-electron chi connectivity index (χ0n) is 23.2. The largest absolute Gasteiger partial charge is 0.492 e. The number of piperidine rings is 1. The van der Waals surface area contributed by atoms with Crippen LogP contribution in [0.15, 0.2) is 59.7 Å². The molecule has 7 nitrogen and oxygen atoms in total. The number of ether oxygens (including phenoxy) is 1. The lowest BCUT2D eigenvalue weighted by Gasteiger charge is -2.33. The third-order valence-electron chi connectivity index (χ3n) is 8.62. The fourth-order valence-corrected chi connectivity index (χ4v) is 6.10. The molecular formula is C32H39N5O2. The van der Waals surface area contributed by atoms with Gasteiger partial charge in [0.05, 0.1) is 0 Å². The molecule has 0 amide bonds. The molecule has 39 heavy (non-hydrogen) atoms. The number of hydrogen-bond acceptors (Lipinski definition) is 6. The van der Waals surface area contributed by atoms with Crippen LogP contribution in [0.25, 0.3) is 17.2 Å². The maximum atomic E-state index is 12.4. The fraction of sp³-hybridized carbons (Fsp3) is 0.438. The van der Waals surface area contributed by atoms with E-state index in [0.29, 0.717) is 12.3 Å². The number of benzene rings is 1. The van der Waals surface area contributed by atoms with E-state index in [9.17, 15) is 4.79 Å². The fourth-order valence-electron chi connectivity index (χ4n) is 6.10. The van der Waals surface area contributed by atoms with Crippen molar-refractivity contribution >= 4 is 11.9 Å². The van der Waals surface area contributed by atoms with E-state index in [0.717, 1.165) is 99.1 Å². The number of rotatable bonds is 7. The molecular weight excluding hydrogens is 486 g/mol. The molecule has 2 aromatic heterocycles. The van der Waals surface area contributed by atoms with Crippen LogP contribution < -0.4 is 15.2 Å². The number of aryl methyl sites for hydroxylation is 1. The van der Waals surface area contributed by atoms with Crippen molar-refractivity contribution in [2.75, 3.05) is 64.4 Å². The Hall–Kier alpha value is -3.42. The van der Waals surface area contributed by atoms with Gasteiger partial charge in [0.1, 0.15) is 18.2 Å². The van der Waals surface area contributed by atoms with E-state index < -0.39 is 0 Å². The van der Waals surface area contributed by atoms with Gasteiger partial charge >= 0.3 is 0 Å². The molecule has 2 fully saturated rings. The number of fused-ring (bicyclic) bond motifs is 1. The maximum Gasteiger partial charge on any atom is 0.254 e. The van der Waals surface area contributed by atoms with Gasteiger partial charge in [-0.1, -0.05) is 24.3 Å². The van der Waals surface area contributed by atoms with Gasteiger partial charge in [-0.3, -0.25) is 9.69 Å². The van der Waals surface area contributed by atoms with Gasteiger partial charge in [0.25, 0.3) is 5.56 Å². The Morgan fingerprint density at radius 3 is 2.44 bits per heavy atom. The van der Waals surface area contributed by atoms with E-state index >= 15 is 0 Å². The summed E-state index contributed by atoms with van der Waals surface area (Å²) in [7, 11) is 4.01. The first-order valence-corrected chi connectivity index (χ1v) is 14.3. The molecule has 1 aliphatic carbocycles. The van der Waals surface area contributed by atoms with E-state index in [-0.39, 0.29) is 5.56 Å². The highest BCUT2D eigenvalue weighted by molar-refractivity contribution is 5.78. The van der Waals surface area contributed by atoms with Crippen molar-refractivity contribution in [1.29, 1.82) is 0 Å². The smallest absolute Gasteiger partial charge is 0.254 e. The van der Waals surface area contributed by atoms with Gasteiger partial charge in [0.15, 0.2) is 0 Å². The predicted molar refractivity (Wildman–Crippen MR) is 158 cm³/mol. The highest BCUT2D eigenvalue weighted by Crippen LogP contribution is 2.33. The van der Waals surface area contributed by atoms with Crippen LogP contribution in [0.4, 0.5) is 5.82 Å². The highest BCUT2D eigenvalue weighted by Gasteiger charge is 2.22. The van der Waals surface area contributed by atoms with E-state index in [1.807, 2.05) is 19.4 Å². The first kappa shape index (κ1) is 25.8. The molecule has 0 atom stereocenters. The molecule has 2 saturated heterocycles. The minimum atomic E-state index is 0.0922. The number of pyridine rings is 2. The van der Waals surface area contributed by atoms with Gasteiger partial charge in [0, 0.05) is 81.9 Å². The predicted octanol–water partition coefficient (Wildman–Crippen LogP) is 4.03.